The van der Waals surface area contributed by atoms with Gasteiger partial charge in [0.2, 0.25) is 5.88 Å². The summed E-state index contributed by atoms with van der Waals surface area (Å²) in [4.78, 5) is 24.7. The van der Waals surface area contributed by atoms with Crippen LogP contribution < -0.4 is 20.3 Å². The van der Waals surface area contributed by atoms with Gasteiger partial charge in [-0.25, -0.2) is 4.39 Å². The molecule has 8 heteroatoms. The molecule has 7 nitrogen and oxygen atoms in total. The highest BCUT2D eigenvalue weighted by Gasteiger charge is 2.20. The molecule has 2 aromatic carbocycles. The van der Waals surface area contributed by atoms with E-state index in [4.69, 9.17) is 9.47 Å². The number of ether oxygens (including phenoxy) is 2. The summed E-state index contributed by atoms with van der Waals surface area (Å²) < 4.78 is 25.2. The van der Waals surface area contributed by atoms with E-state index in [0.717, 1.165) is 10.2 Å². The third kappa shape index (κ3) is 5.02. The molecule has 0 radical (unpaired) electrons. The number of methoxy groups -OCH3 is 1. The lowest BCUT2D eigenvalue weighted by molar-refractivity contribution is -0.128. The van der Waals surface area contributed by atoms with Crippen LogP contribution in [0, 0.1) is 5.82 Å². The molecular weight excluding hydrogens is 389 g/mol. The van der Waals surface area contributed by atoms with Crippen molar-refractivity contribution in [1.29, 1.82) is 0 Å². The predicted molar refractivity (Wildman–Crippen MR) is 109 cm³/mol. The van der Waals surface area contributed by atoms with Gasteiger partial charge in [-0.3, -0.25) is 9.59 Å². The third-order valence-corrected chi connectivity index (χ3v) is 4.42. The van der Waals surface area contributed by atoms with Crippen molar-refractivity contribution >= 4 is 5.91 Å². The van der Waals surface area contributed by atoms with Crippen molar-refractivity contribution in [2.45, 2.75) is 26.0 Å². The molecule has 3 rings (SSSR count). The Kier molecular flexibility index (Phi) is 6.79. The van der Waals surface area contributed by atoms with Crippen LogP contribution in [0.4, 0.5) is 4.39 Å². The monoisotopic (exact) mass is 411 g/mol. The van der Waals surface area contributed by atoms with E-state index in [9.17, 15) is 14.0 Å². The smallest absolute Gasteiger partial charge is 0.271 e. The van der Waals surface area contributed by atoms with Gasteiger partial charge >= 0.3 is 0 Å². The molecule has 0 spiro atoms. The van der Waals surface area contributed by atoms with Gasteiger partial charge in [-0.15, -0.1) is 5.10 Å². The molecule has 0 aliphatic heterocycles. The van der Waals surface area contributed by atoms with Crippen molar-refractivity contribution in [2.24, 2.45) is 0 Å². The van der Waals surface area contributed by atoms with E-state index in [0.29, 0.717) is 17.9 Å². The Bertz CT molecular complexity index is 1070. The summed E-state index contributed by atoms with van der Waals surface area (Å²) >= 11 is 0. The number of aromatic nitrogens is 2. The molecule has 0 saturated carbocycles. The summed E-state index contributed by atoms with van der Waals surface area (Å²) in [5.74, 6) is 0.0553. The van der Waals surface area contributed by atoms with Crippen molar-refractivity contribution in [1.82, 2.24) is 15.1 Å². The molecule has 156 valence electrons. The van der Waals surface area contributed by atoms with E-state index < -0.39 is 17.5 Å². The highest BCUT2D eigenvalue weighted by Crippen LogP contribution is 2.17. The molecule has 3 aromatic rings. The number of amides is 1. The summed E-state index contributed by atoms with van der Waals surface area (Å²) in [6.07, 6.45) is -0.402. The quantitative estimate of drug-likeness (QED) is 0.616. The Hall–Kier alpha value is -3.68. The third-order valence-electron chi connectivity index (χ3n) is 4.42. The first-order valence-electron chi connectivity index (χ1n) is 9.44. The van der Waals surface area contributed by atoms with Crippen LogP contribution in [0.1, 0.15) is 18.9 Å². The standard InChI is InChI=1S/C22H22FN3O4/c1-3-18(22(28)24-14-15-6-4-5-7-19(15)29-2)30-20-12-13-21(27)26(25-20)17-10-8-16(23)9-11-17/h4-13,18H,3,14H2,1-2H3,(H,24,28)/t18-/m0/s1. The number of carbonyl (C=O) groups is 1. The van der Waals surface area contributed by atoms with Gasteiger partial charge in [-0.2, -0.15) is 4.68 Å². The number of hydrogen-bond donors (Lipinski definition) is 1. The van der Waals surface area contributed by atoms with E-state index in [2.05, 4.69) is 10.4 Å². The maximum absolute atomic E-state index is 13.1. The van der Waals surface area contributed by atoms with Crippen LogP contribution in [0.25, 0.3) is 5.69 Å². The highest BCUT2D eigenvalue weighted by atomic mass is 19.1. The molecule has 30 heavy (non-hydrogen) atoms. The summed E-state index contributed by atoms with van der Waals surface area (Å²) in [7, 11) is 1.57. The normalized spacial score (nSPS) is 11.6. The Balaban J connectivity index is 1.72. The fourth-order valence-corrected chi connectivity index (χ4v) is 2.84. The van der Waals surface area contributed by atoms with E-state index in [1.807, 2.05) is 31.2 Å². The first-order chi connectivity index (χ1) is 14.5. The van der Waals surface area contributed by atoms with E-state index in [-0.39, 0.29) is 18.3 Å². The fourth-order valence-electron chi connectivity index (χ4n) is 2.84. The molecule has 0 aliphatic carbocycles. The number of halogens is 1. The van der Waals surface area contributed by atoms with Crippen molar-refractivity contribution in [3.05, 3.63) is 82.4 Å². The van der Waals surface area contributed by atoms with Crippen LogP contribution in [0.3, 0.4) is 0 Å². The second-order valence-corrected chi connectivity index (χ2v) is 6.44. The number of nitrogens with zero attached hydrogens (tertiary/aromatic N) is 2. The van der Waals surface area contributed by atoms with Gasteiger partial charge in [0.05, 0.1) is 12.8 Å². The molecule has 1 N–H and O–H groups in total. The maximum Gasteiger partial charge on any atom is 0.271 e. The second-order valence-electron chi connectivity index (χ2n) is 6.44. The molecule has 1 aromatic heterocycles. The van der Waals surface area contributed by atoms with Gasteiger partial charge in [0.15, 0.2) is 6.10 Å². The van der Waals surface area contributed by atoms with Gasteiger partial charge in [0, 0.05) is 24.2 Å². The van der Waals surface area contributed by atoms with Crippen LogP contribution in [-0.2, 0) is 11.3 Å². The summed E-state index contributed by atoms with van der Waals surface area (Å²) in [5, 5.41) is 6.97. The predicted octanol–water partition coefficient (Wildman–Crippen LogP) is 2.85. The Morgan fingerprint density at radius 1 is 1.13 bits per heavy atom. The van der Waals surface area contributed by atoms with Crippen LogP contribution in [0.5, 0.6) is 11.6 Å². The first-order valence-corrected chi connectivity index (χ1v) is 9.44. The van der Waals surface area contributed by atoms with Crippen LogP contribution >= 0.6 is 0 Å². The molecular formula is C22H22FN3O4. The Morgan fingerprint density at radius 3 is 2.57 bits per heavy atom. The molecule has 0 aliphatic rings. The number of para-hydroxylation sites is 1. The SMILES string of the molecule is CC[C@H](Oc1ccc(=O)n(-c2ccc(F)cc2)n1)C(=O)NCc1ccccc1OC. The van der Waals surface area contributed by atoms with Crippen LogP contribution in [0.2, 0.25) is 0 Å². The average Bonchev–Trinajstić information content (AvgIpc) is 2.77. The van der Waals surface area contributed by atoms with Crippen molar-refractivity contribution < 1.29 is 18.7 Å². The lowest BCUT2D eigenvalue weighted by Gasteiger charge is -2.17. The number of benzene rings is 2. The molecule has 1 atom stereocenters. The average molecular weight is 411 g/mol. The van der Waals surface area contributed by atoms with Crippen molar-refractivity contribution in [3.8, 4) is 17.3 Å². The van der Waals surface area contributed by atoms with E-state index in [1.165, 1.54) is 36.4 Å². The van der Waals surface area contributed by atoms with Gasteiger partial charge in [-0.05, 0) is 36.8 Å². The number of nitrogens with one attached hydrogen (secondary N) is 1. The van der Waals surface area contributed by atoms with Gasteiger partial charge in [-0.1, -0.05) is 25.1 Å². The molecule has 0 unspecified atom stereocenters. The summed E-state index contributed by atoms with van der Waals surface area (Å²) in [6, 6.07) is 15.4. The molecule has 0 bridgehead atoms. The largest absolute Gasteiger partial charge is 0.496 e. The summed E-state index contributed by atoms with van der Waals surface area (Å²) in [5.41, 5.74) is 0.828. The minimum absolute atomic E-state index is 0.109. The second kappa shape index (κ2) is 9.69. The lowest BCUT2D eigenvalue weighted by Crippen LogP contribution is -2.38. The summed E-state index contributed by atoms with van der Waals surface area (Å²) in [6.45, 7) is 2.09. The zero-order valence-electron chi connectivity index (χ0n) is 16.7. The minimum Gasteiger partial charge on any atom is -0.496 e. The minimum atomic E-state index is -0.800. The topological polar surface area (TPSA) is 82.5 Å². The maximum atomic E-state index is 13.1. The van der Waals surface area contributed by atoms with Gasteiger partial charge in [0.25, 0.3) is 11.5 Å². The number of carbonyl (C=O) groups excluding carboxylic acids is 1. The van der Waals surface area contributed by atoms with E-state index in [1.54, 1.807) is 7.11 Å². The number of hydrogen-bond acceptors (Lipinski definition) is 5. The van der Waals surface area contributed by atoms with Crippen molar-refractivity contribution in [3.63, 3.8) is 0 Å². The highest BCUT2D eigenvalue weighted by molar-refractivity contribution is 5.81. The van der Waals surface area contributed by atoms with E-state index >= 15 is 0 Å². The molecule has 1 heterocycles. The molecule has 0 fully saturated rings. The van der Waals surface area contributed by atoms with Crippen LogP contribution in [-0.4, -0.2) is 28.9 Å². The van der Waals surface area contributed by atoms with Gasteiger partial charge in [0.1, 0.15) is 11.6 Å². The Labute approximate surface area is 173 Å². The van der Waals surface area contributed by atoms with Crippen LogP contribution in [0.15, 0.2) is 65.5 Å². The van der Waals surface area contributed by atoms with Gasteiger partial charge < -0.3 is 14.8 Å². The number of rotatable bonds is 8. The first kappa shape index (κ1) is 21.0. The fraction of sp³-hybridized carbons (Fsp3) is 0.227. The molecule has 1 amide bonds. The Morgan fingerprint density at radius 2 is 1.87 bits per heavy atom. The zero-order valence-corrected chi connectivity index (χ0v) is 16.7. The van der Waals surface area contributed by atoms with Crippen molar-refractivity contribution in [2.75, 3.05) is 7.11 Å². The zero-order chi connectivity index (χ0) is 21.5. The molecule has 0 saturated heterocycles. The lowest BCUT2D eigenvalue weighted by atomic mass is 10.2.